The molecule has 0 aliphatic carbocycles. The van der Waals surface area contributed by atoms with E-state index in [1.165, 1.54) is 5.56 Å². The summed E-state index contributed by atoms with van der Waals surface area (Å²) in [6.07, 6.45) is 1.92. The van der Waals surface area contributed by atoms with Crippen LogP contribution in [0.5, 0.6) is 0 Å². The van der Waals surface area contributed by atoms with Gasteiger partial charge in [-0.15, -0.1) is 0 Å². The maximum absolute atomic E-state index is 9.35. The van der Waals surface area contributed by atoms with Gasteiger partial charge in [-0.2, -0.15) is 5.10 Å². The van der Waals surface area contributed by atoms with Gasteiger partial charge < -0.3 is 9.84 Å². The molecular formula is C15H19ClN2O2. The first-order valence-electron chi connectivity index (χ1n) is 6.64. The molecule has 0 radical (unpaired) electrons. The van der Waals surface area contributed by atoms with E-state index in [-0.39, 0.29) is 6.61 Å². The van der Waals surface area contributed by atoms with E-state index in [0.29, 0.717) is 23.0 Å². The Bertz CT molecular complexity index is 540. The lowest BCUT2D eigenvalue weighted by Gasteiger charge is -2.04. The SMILES string of the molecule is COCc1nn(CCCc2ccccc2)c(Cl)c1CO. The zero-order chi connectivity index (χ0) is 14.4. The van der Waals surface area contributed by atoms with Gasteiger partial charge in [-0.05, 0) is 18.4 Å². The number of nitrogens with zero attached hydrogens (tertiary/aromatic N) is 2. The highest BCUT2D eigenvalue weighted by Gasteiger charge is 2.15. The van der Waals surface area contributed by atoms with Gasteiger partial charge in [-0.1, -0.05) is 41.9 Å². The maximum Gasteiger partial charge on any atom is 0.132 e. The van der Waals surface area contributed by atoms with Crippen LogP contribution in [0.4, 0.5) is 0 Å². The van der Waals surface area contributed by atoms with E-state index in [1.54, 1.807) is 11.8 Å². The monoisotopic (exact) mass is 294 g/mol. The smallest absolute Gasteiger partial charge is 0.132 e. The molecule has 20 heavy (non-hydrogen) atoms. The Morgan fingerprint density at radius 1 is 1.30 bits per heavy atom. The molecule has 0 saturated heterocycles. The summed E-state index contributed by atoms with van der Waals surface area (Å²) < 4.78 is 6.81. The average molecular weight is 295 g/mol. The molecule has 0 amide bonds. The highest BCUT2D eigenvalue weighted by molar-refractivity contribution is 6.30. The molecule has 0 bridgehead atoms. The molecule has 2 aromatic rings. The van der Waals surface area contributed by atoms with Crippen LogP contribution in [0.25, 0.3) is 0 Å². The summed E-state index contributed by atoms with van der Waals surface area (Å²) in [6.45, 7) is 0.974. The first-order valence-corrected chi connectivity index (χ1v) is 7.01. The van der Waals surface area contributed by atoms with Crippen LogP contribution in [-0.2, 0) is 30.9 Å². The van der Waals surface area contributed by atoms with Gasteiger partial charge in [0.2, 0.25) is 0 Å². The minimum atomic E-state index is -0.115. The first kappa shape index (κ1) is 15.0. The fraction of sp³-hybridized carbons (Fsp3) is 0.400. The van der Waals surface area contributed by atoms with E-state index in [0.717, 1.165) is 19.4 Å². The molecule has 5 heteroatoms. The van der Waals surface area contributed by atoms with Gasteiger partial charge >= 0.3 is 0 Å². The molecule has 0 aliphatic rings. The number of benzene rings is 1. The highest BCUT2D eigenvalue weighted by atomic mass is 35.5. The topological polar surface area (TPSA) is 47.3 Å². The number of methoxy groups -OCH3 is 1. The molecular weight excluding hydrogens is 276 g/mol. The van der Waals surface area contributed by atoms with Gasteiger partial charge in [-0.3, -0.25) is 4.68 Å². The van der Waals surface area contributed by atoms with Crippen LogP contribution >= 0.6 is 11.6 Å². The van der Waals surface area contributed by atoms with Gasteiger partial charge in [-0.25, -0.2) is 0 Å². The van der Waals surface area contributed by atoms with Crippen LogP contribution in [0.2, 0.25) is 5.15 Å². The Kier molecular flexibility index (Phi) is 5.59. The third kappa shape index (κ3) is 3.60. The van der Waals surface area contributed by atoms with Gasteiger partial charge in [0.05, 0.1) is 18.9 Å². The van der Waals surface area contributed by atoms with Crippen LogP contribution in [0.3, 0.4) is 0 Å². The predicted molar refractivity (Wildman–Crippen MR) is 78.6 cm³/mol. The zero-order valence-corrected chi connectivity index (χ0v) is 12.3. The van der Waals surface area contributed by atoms with Crippen molar-refractivity contribution >= 4 is 11.6 Å². The molecule has 1 aromatic carbocycles. The number of halogens is 1. The van der Waals surface area contributed by atoms with Crippen LogP contribution in [0, 0.1) is 0 Å². The number of aliphatic hydroxyl groups excluding tert-OH is 1. The largest absolute Gasteiger partial charge is 0.391 e. The molecule has 4 nitrogen and oxygen atoms in total. The lowest BCUT2D eigenvalue weighted by Crippen LogP contribution is -2.02. The second kappa shape index (κ2) is 7.43. The quantitative estimate of drug-likeness (QED) is 0.854. The Labute approximate surface area is 123 Å². The molecule has 2 rings (SSSR count). The Morgan fingerprint density at radius 2 is 2.05 bits per heavy atom. The first-order chi connectivity index (χ1) is 9.76. The molecule has 0 atom stereocenters. The Balaban J connectivity index is 1.99. The predicted octanol–water partition coefficient (Wildman–Crippen LogP) is 2.81. The minimum absolute atomic E-state index is 0.115. The van der Waals surface area contributed by atoms with Crippen molar-refractivity contribution in [3.8, 4) is 0 Å². The van der Waals surface area contributed by atoms with Gasteiger partial charge in [0.15, 0.2) is 0 Å². The zero-order valence-electron chi connectivity index (χ0n) is 11.6. The molecule has 0 spiro atoms. The lowest BCUT2D eigenvalue weighted by molar-refractivity contribution is 0.177. The fourth-order valence-corrected chi connectivity index (χ4v) is 2.45. The standard InChI is InChI=1S/C15H19ClN2O2/c1-20-11-14-13(10-19)15(16)18(17-14)9-5-8-12-6-3-2-4-7-12/h2-4,6-7,19H,5,8-11H2,1H3. The van der Waals surface area contributed by atoms with Crippen molar-refractivity contribution < 1.29 is 9.84 Å². The van der Waals surface area contributed by atoms with Crippen molar-refractivity contribution in [2.45, 2.75) is 32.6 Å². The number of aryl methyl sites for hydroxylation is 2. The molecule has 0 saturated carbocycles. The molecule has 1 heterocycles. The third-order valence-electron chi connectivity index (χ3n) is 3.18. The number of aromatic nitrogens is 2. The molecule has 1 N–H and O–H groups in total. The van der Waals surface area contributed by atoms with Gasteiger partial charge in [0.25, 0.3) is 0 Å². The van der Waals surface area contributed by atoms with Gasteiger partial charge in [0, 0.05) is 19.2 Å². The molecule has 0 fully saturated rings. The maximum atomic E-state index is 9.35. The molecule has 0 unspecified atom stereocenters. The number of rotatable bonds is 7. The third-order valence-corrected chi connectivity index (χ3v) is 3.61. The van der Waals surface area contributed by atoms with Crippen molar-refractivity contribution in [2.24, 2.45) is 0 Å². The van der Waals surface area contributed by atoms with Crippen molar-refractivity contribution in [3.63, 3.8) is 0 Å². The van der Waals surface area contributed by atoms with E-state index in [9.17, 15) is 5.11 Å². The van der Waals surface area contributed by atoms with Crippen LogP contribution in [0.15, 0.2) is 30.3 Å². The summed E-state index contributed by atoms with van der Waals surface area (Å²) in [6, 6.07) is 10.3. The molecule has 1 aromatic heterocycles. The lowest BCUT2D eigenvalue weighted by atomic mass is 10.1. The Morgan fingerprint density at radius 3 is 2.70 bits per heavy atom. The summed E-state index contributed by atoms with van der Waals surface area (Å²) >= 11 is 6.23. The fourth-order valence-electron chi connectivity index (χ4n) is 2.16. The normalized spacial score (nSPS) is 10.9. The summed E-state index contributed by atoms with van der Waals surface area (Å²) in [5.74, 6) is 0. The van der Waals surface area contributed by atoms with Crippen molar-refractivity contribution in [3.05, 3.63) is 52.3 Å². The van der Waals surface area contributed by atoms with Crippen molar-refractivity contribution in [2.75, 3.05) is 7.11 Å². The minimum Gasteiger partial charge on any atom is -0.391 e. The summed E-state index contributed by atoms with van der Waals surface area (Å²) in [4.78, 5) is 0. The average Bonchev–Trinajstić information content (AvgIpc) is 2.76. The summed E-state index contributed by atoms with van der Waals surface area (Å²) in [7, 11) is 1.60. The Hall–Kier alpha value is -1.36. The number of hydrogen-bond donors (Lipinski definition) is 1. The highest BCUT2D eigenvalue weighted by Crippen LogP contribution is 2.21. The number of hydrogen-bond acceptors (Lipinski definition) is 3. The molecule has 0 aliphatic heterocycles. The van der Waals surface area contributed by atoms with Crippen LogP contribution < -0.4 is 0 Å². The second-order valence-electron chi connectivity index (χ2n) is 4.62. The number of ether oxygens (including phenoxy) is 1. The second-order valence-corrected chi connectivity index (χ2v) is 4.98. The van der Waals surface area contributed by atoms with Gasteiger partial charge in [0.1, 0.15) is 5.15 Å². The van der Waals surface area contributed by atoms with Crippen molar-refractivity contribution in [1.29, 1.82) is 0 Å². The van der Waals surface area contributed by atoms with E-state index in [4.69, 9.17) is 16.3 Å². The summed E-state index contributed by atoms with van der Waals surface area (Å²) in [5, 5.41) is 14.3. The van der Waals surface area contributed by atoms with E-state index in [2.05, 4.69) is 17.2 Å². The van der Waals surface area contributed by atoms with E-state index in [1.807, 2.05) is 18.2 Å². The van der Waals surface area contributed by atoms with Crippen molar-refractivity contribution in [1.82, 2.24) is 9.78 Å². The summed E-state index contributed by atoms with van der Waals surface area (Å²) in [5.41, 5.74) is 2.67. The van der Waals surface area contributed by atoms with E-state index >= 15 is 0 Å². The van der Waals surface area contributed by atoms with E-state index < -0.39 is 0 Å². The van der Waals surface area contributed by atoms with Crippen LogP contribution in [-0.4, -0.2) is 22.0 Å². The van der Waals surface area contributed by atoms with Crippen LogP contribution in [0.1, 0.15) is 23.2 Å². The number of aliphatic hydroxyl groups is 1. The molecule has 108 valence electrons.